The summed E-state index contributed by atoms with van der Waals surface area (Å²) in [7, 11) is -4.34. The van der Waals surface area contributed by atoms with Crippen LogP contribution in [0.5, 0.6) is 0 Å². The molecule has 0 spiro atoms. The molecular weight excluding hydrogens is 558 g/mol. The van der Waals surface area contributed by atoms with Crippen LogP contribution >= 0.6 is 0 Å². The summed E-state index contributed by atoms with van der Waals surface area (Å²) in [6.45, 7) is 4.47. The molecule has 0 aromatic heterocycles. The van der Waals surface area contributed by atoms with Crippen LogP contribution in [0.1, 0.15) is 168 Å². The van der Waals surface area contributed by atoms with Crippen molar-refractivity contribution in [3.63, 3.8) is 0 Å². The lowest BCUT2D eigenvalue weighted by Gasteiger charge is -2.21. The van der Waals surface area contributed by atoms with Gasteiger partial charge >= 0.3 is 0 Å². The number of carbonyl (C=O) groups is 1. The van der Waals surface area contributed by atoms with E-state index in [0.29, 0.717) is 6.42 Å². The average Bonchev–Trinajstić information content (AvgIpc) is 2.96. The predicted molar refractivity (Wildman–Crippen MR) is 184 cm³/mol. The third-order valence-electron chi connectivity index (χ3n) is 7.81. The van der Waals surface area contributed by atoms with Gasteiger partial charge in [-0.25, -0.2) is 0 Å². The number of aliphatic hydroxyl groups excluding tert-OH is 1. The Morgan fingerprint density at radius 3 is 1.56 bits per heavy atom. The molecule has 2 atom stereocenters. The van der Waals surface area contributed by atoms with Crippen LogP contribution in [0.4, 0.5) is 0 Å². The Morgan fingerprint density at radius 2 is 1.05 bits per heavy atom. The topological polar surface area (TPSA) is 104 Å². The van der Waals surface area contributed by atoms with Crippen molar-refractivity contribution in [1.82, 2.24) is 5.32 Å². The van der Waals surface area contributed by atoms with E-state index in [1.54, 1.807) is 6.08 Å². The van der Waals surface area contributed by atoms with E-state index in [1.807, 2.05) is 6.08 Å². The van der Waals surface area contributed by atoms with Crippen molar-refractivity contribution in [1.29, 1.82) is 0 Å². The van der Waals surface area contributed by atoms with Crippen molar-refractivity contribution >= 4 is 16.0 Å². The number of unbranched alkanes of at least 4 members (excludes halogenated alkanes) is 19. The molecule has 0 rings (SSSR count). The standard InChI is InChI=1S/C36H67NO5S/c1-3-5-7-9-11-13-15-17-18-20-22-24-26-28-30-32-36(39)37-34(33-43(40,41)42)35(38)31-29-27-25-23-21-19-16-14-12-10-8-6-4-2/h11,13,17-18,29,31,34-35,38H,3-10,12,14-16,19-28,30,32-33H2,1-2H3,(H,37,39)(H,40,41,42)/b13-11-,18-17-,31-29+. The van der Waals surface area contributed by atoms with Gasteiger partial charge in [0.1, 0.15) is 0 Å². The molecule has 0 aromatic carbocycles. The predicted octanol–water partition coefficient (Wildman–Crippen LogP) is 9.79. The lowest BCUT2D eigenvalue weighted by molar-refractivity contribution is -0.122. The monoisotopic (exact) mass is 625 g/mol. The first-order valence-corrected chi connectivity index (χ1v) is 19.3. The average molecular weight is 626 g/mol. The Bertz CT molecular complexity index is 821. The van der Waals surface area contributed by atoms with Crippen LogP contribution in [0.25, 0.3) is 0 Å². The van der Waals surface area contributed by atoms with E-state index >= 15 is 0 Å². The van der Waals surface area contributed by atoms with Crippen molar-refractivity contribution < 1.29 is 22.9 Å². The van der Waals surface area contributed by atoms with E-state index in [4.69, 9.17) is 0 Å². The molecular formula is C36H67NO5S. The van der Waals surface area contributed by atoms with Gasteiger partial charge in [0.25, 0.3) is 10.1 Å². The highest BCUT2D eigenvalue weighted by Crippen LogP contribution is 2.13. The van der Waals surface area contributed by atoms with Gasteiger partial charge in [0.15, 0.2) is 0 Å². The molecule has 0 aliphatic rings. The number of carbonyl (C=O) groups excluding carboxylic acids is 1. The van der Waals surface area contributed by atoms with Gasteiger partial charge < -0.3 is 10.4 Å². The fourth-order valence-corrected chi connectivity index (χ4v) is 5.86. The maximum atomic E-state index is 12.4. The zero-order chi connectivity index (χ0) is 31.9. The van der Waals surface area contributed by atoms with Gasteiger partial charge in [-0.15, -0.1) is 0 Å². The fourth-order valence-electron chi connectivity index (χ4n) is 5.12. The second-order valence-electron chi connectivity index (χ2n) is 12.1. The quantitative estimate of drug-likeness (QED) is 0.0404. The number of amides is 1. The minimum atomic E-state index is -4.34. The highest BCUT2D eigenvalue weighted by Gasteiger charge is 2.24. The molecule has 0 heterocycles. The molecule has 7 heteroatoms. The van der Waals surface area contributed by atoms with E-state index in [9.17, 15) is 22.9 Å². The molecule has 1 amide bonds. The number of hydrogen-bond acceptors (Lipinski definition) is 4. The summed E-state index contributed by atoms with van der Waals surface area (Å²) in [6.07, 6.45) is 38.3. The Kier molecular flexibility index (Phi) is 29.6. The highest BCUT2D eigenvalue weighted by atomic mass is 32.2. The third-order valence-corrected chi connectivity index (χ3v) is 8.59. The van der Waals surface area contributed by atoms with Crippen molar-refractivity contribution in [3.8, 4) is 0 Å². The molecule has 0 aliphatic heterocycles. The molecule has 0 aromatic rings. The van der Waals surface area contributed by atoms with E-state index in [2.05, 4.69) is 43.5 Å². The molecule has 43 heavy (non-hydrogen) atoms. The summed E-state index contributed by atoms with van der Waals surface area (Å²) in [4.78, 5) is 12.4. The SMILES string of the molecule is CCCCC/C=C\C/C=C\CCCCCCCC(=O)NC(CS(=O)(=O)O)C(O)/C=C/CCCCCCCCCCCCC. The van der Waals surface area contributed by atoms with Crippen molar-refractivity contribution in [3.05, 3.63) is 36.5 Å². The van der Waals surface area contributed by atoms with Crippen LogP contribution in [0, 0.1) is 0 Å². The van der Waals surface area contributed by atoms with Crippen LogP contribution in [0.15, 0.2) is 36.5 Å². The summed E-state index contributed by atoms with van der Waals surface area (Å²) >= 11 is 0. The summed E-state index contributed by atoms with van der Waals surface area (Å²) in [5.74, 6) is -0.998. The zero-order valence-electron chi connectivity index (χ0n) is 27.8. The normalized spacial score (nSPS) is 13.9. The summed E-state index contributed by atoms with van der Waals surface area (Å²) in [5.41, 5.74) is 0. The van der Waals surface area contributed by atoms with Gasteiger partial charge in [-0.3, -0.25) is 9.35 Å². The van der Waals surface area contributed by atoms with Gasteiger partial charge in [-0.2, -0.15) is 8.42 Å². The summed E-state index contributed by atoms with van der Waals surface area (Å²) in [5, 5.41) is 13.1. The molecule has 0 radical (unpaired) electrons. The largest absolute Gasteiger partial charge is 0.387 e. The maximum Gasteiger partial charge on any atom is 0.267 e. The smallest absolute Gasteiger partial charge is 0.267 e. The second-order valence-corrected chi connectivity index (χ2v) is 13.6. The lowest BCUT2D eigenvalue weighted by Crippen LogP contribution is -2.46. The number of aliphatic hydroxyl groups is 1. The maximum absolute atomic E-state index is 12.4. The first kappa shape index (κ1) is 41.6. The van der Waals surface area contributed by atoms with Crippen LogP contribution in [0.2, 0.25) is 0 Å². The lowest BCUT2D eigenvalue weighted by atomic mass is 10.0. The Labute approximate surface area is 266 Å². The van der Waals surface area contributed by atoms with Gasteiger partial charge in [0.2, 0.25) is 5.91 Å². The van der Waals surface area contributed by atoms with E-state index in [1.165, 1.54) is 83.5 Å². The Hall–Kier alpha value is -1.44. The first-order chi connectivity index (χ1) is 20.8. The zero-order valence-corrected chi connectivity index (χ0v) is 28.6. The summed E-state index contributed by atoms with van der Waals surface area (Å²) < 4.78 is 32.3. The van der Waals surface area contributed by atoms with Crippen LogP contribution in [-0.2, 0) is 14.9 Å². The summed E-state index contributed by atoms with van der Waals surface area (Å²) in [6, 6.07) is -1.06. The second kappa shape index (κ2) is 30.6. The molecule has 3 N–H and O–H groups in total. The van der Waals surface area contributed by atoms with Crippen LogP contribution < -0.4 is 5.32 Å². The van der Waals surface area contributed by atoms with Gasteiger partial charge in [-0.05, 0) is 51.4 Å². The van der Waals surface area contributed by atoms with Gasteiger partial charge in [0.05, 0.1) is 17.9 Å². The van der Waals surface area contributed by atoms with E-state index in [-0.39, 0.29) is 12.3 Å². The van der Waals surface area contributed by atoms with E-state index < -0.39 is 28.0 Å². The first-order valence-electron chi connectivity index (χ1n) is 17.7. The molecule has 0 bridgehead atoms. The molecule has 0 aliphatic carbocycles. The third kappa shape index (κ3) is 31.8. The Balaban J connectivity index is 4.05. The minimum Gasteiger partial charge on any atom is -0.387 e. The van der Waals surface area contributed by atoms with Crippen molar-refractivity contribution in [2.24, 2.45) is 0 Å². The van der Waals surface area contributed by atoms with Crippen LogP contribution in [-0.4, -0.2) is 41.9 Å². The Morgan fingerprint density at radius 1 is 0.628 bits per heavy atom. The van der Waals surface area contributed by atoms with E-state index in [0.717, 1.165) is 57.8 Å². The molecule has 252 valence electrons. The number of nitrogens with one attached hydrogen (secondary N) is 1. The molecule has 0 saturated carbocycles. The number of allylic oxidation sites excluding steroid dienone is 5. The van der Waals surface area contributed by atoms with Gasteiger partial charge in [0, 0.05) is 6.42 Å². The molecule has 6 nitrogen and oxygen atoms in total. The molecule has 0 fully saturated rings. The van der Waals surface area contributed by atoms with Crippen molar-refractivity contribution in [2.75, 3.05) is 5.75 Å². The molecule has 2 unspecified atom stereocenters. The number of rotatable bonds is 31. The molecule has 0 saturated heterocycles. The van der Waals surface area contributed by atoms with Crippen LogP contribution in [0.3, 0.4) is 0 Å². The highest BCUT2D eigenvalue weighted by molar-refractivity contribution is 7.85. The van der Waals surface area contributed by atoms with Crippen molar-refractivity contribution in [2.45, 2.75) is 180 Å². The number of hydrogen-bond donors (Lipinski definition) is 3. The van der Waals surface area contributed by atoms with Gasteiger partial charge in [-0.1, -0.05) is 147 Å². The fraction of sp³-hybridized carbons (Fsp3) is 0.806. The minimum absolute atomic E-state index is 0.279.